The Balaban J connectivity index is 1.65. The number of benzene rings is 2. The van der Waals surface area contributed by atoms with E-state index in [-0.39, 0.29) is 17.7 Å². The number of nitrogens with one attached hydrogen (secondary N) is 1. The van der Waals surface area contributed by atoms with Gasteiger partial charge in [-0.05, 0) is 42.8 Å². The van der Waals surface area contributed by atoms with Crippen LogP contribution in [0.1, 0.15) is 11.1 Å². The predicted octanol–water partition coefficient (Wildman–Crippen LogP) is 3.69. The van der Waals surface area contributed by atoms with Crippen LogP contribution in [-0.4, -0.2) is 12.6 Å². The molecular formula is C16H15F2NO. The summed E-state index contributed by atoms with van der Waals surface area (Å²) in [5, 5.41) is 3.05. The summed E-state index contributed by atoms with van der Waals surface area (Å²) in [7, 11) is 0. The monoisotopic (exact) mass is 275 g/mol. The van der Waals surface area contributed by atoms with Crippen molar-refractivity contribution in [2.45, 2.75) is 19.4 Å². The van der Waals surface area contributed by atoms with E-state index in [0.29, 0.717) is 24.4 Å². The topological polar surface area (TPSA) is 21.3 Å². The molecule has 0 bridgehead atoms. The maximum atomic E-state index is 13.6. The van der Waals surface area contributed by atoms with Crippen LogP contribution in [-0.2, 0) is 6.42 Å². The lowest BCUT2D eigenvalue weighted by Gasteiger charge is -2.13. The van der Waals surface area contributed by atoms with E-state index in [1.54, 1.807) is 18.2 Å². The highest BCUT2D eigenvalue weighted by Crippen LogP contribution is 2.29. The molecular weight excluding hydrogens is 260 g/mol. The maximum Gasteiger partial charge on any atom is 0.146 e. The van der Waals surface area contributed by atoms with Gasteiger partial charge in [-0.3, -0.25) is 0 Å². The van der Waals surface area contributed by atoms with E-state index in [2.05, 4.69) is 5.32 Å². The van der Waals surface area contributed by atoms with E-state index in [4.69, 9.17) is 4.74 Å². The van der Waals surface area contributed by atoms with Gasteiger partial charge in [-0.25, -0.2) is 8.78 Å². The number of anilines is 1. The average Bonchev–Trinajstić information content (AvgIpc) is 2.81. The van der Waals surface area contributed by atoms with Crippen LogP contribution in [0.5, 0.6) is 5.75 Å². The first-order chi connectivity index (χ1) is 9.61. The second-order valence-corrected chi connectivity index (χ2v) is 5.06. The quantitative estimate of drug-likeness (QED) is 0.922. The molecule has 1 aliphatic heterocycles. The fraction of sp³-hybridized carbons (Fsp3) is 0.250. The summed E-state index contributed by atoms with van der Waals surface area (Å²) in [5.41, 5.74) is 2.32. The molecule has 0 aliphatic carbocycles. The Morgan fingerprint density at radius 2 is 2.05 bits per heavy atom. The molecule has 3 rings (SSSR count). The summed E-state index contributed by atoms with van der Waals surface area (Å²) in [6, 6.07) is 9.44. The Kier molecular flexibility index (Phi) is 3.30. The van der Waals surface area contributed by atoms with E-state index in [9.17, 15) is 8.78 Å². The maximum absolute atomic E-state index is 13.6. The normalized spacial score (nSPS) is 16.6. The van der Waals surface area contributed by atoms with E-state index >= 15 is 0 Å². The Hall–Kier alpha value is -2.10. The van der Waals surface area contributed by atoms with Crippen LogP contribution in [0.15, 0.2) is 36.4 Å². The van der Waals surface area contributed by atoms with Gasteiger partial charge in [0.15, 0.2) is 0 Å². The minimum Gasteiger partial charge on any atom is -0.488 e. The first-order valence-corrected chi connectivity index (χ1v) is 6.57. The highest BCUT2D eigenvalue weighted by Gasteiger charge is 2.23. The molecule has 1 N–H and O–H groups in total. The standard InChI is InChI=1S/C16H15F2NO/c1-10-2-4-14(18)15(6-10)19-9-13-8-11-7-12(17)3-5-16(11)20-13/h2-7,13,19H,8-9H2,1H3. The van der Waals surface area contributed by atoms with Crippen LogP contribution in [0.3, 0.4) is 0 Å². The second kappa shape index (κ2) is 5.12. The Morgan fingerprint density at radius 3 is 2.90 bits per heavy atom. The van der Waals surface area contributed by atoms with Gasteiger partial charge in [0, 0.05) is 12.0 Å². The molecule has 0 radical (unpaired) electrons. The second-order valence-electron chi connectivity index (χ2n) is 5.06. The lowest BCUT2D eigenvalue weighted by atomic mass is 10.1. The van der Waals surface area contributed by atoms with Gasteiger partial charge in [-0.2, -0.15) is 0 Å². The summed E-state index contributed by atoms with van der Waals surface area (Å²) >= 11 is 0. The van der Waals surface area contributed by atoms with Gasteiger partial charge in [0.1, 0.15) is 23.5 Å². The Morgan fingerprint density at radius 1 is 1.20 bits per heavy atom. The zero-order chi connectivity index (χ0) is 14.1. The van der Waals surface area contributed by atoms with E-state index in [0.717, 1.165) is 11.1 Å². The van der Waals surface area contributed by atoms with Crippen molar-refractivity contribution in [2.24, 2.45) is 0 Å². The third-order valence-corrected chi connectivity index (χ3v) is 3.41. The zero-order valence-electron chi connectivity index (χ0n) is 11.1. The third-order valence-electron chi connectivity index (χ3n) is 3.41. The first-order valence-electron chi connectivity index (χ1n) is 6.57. The fourth-order valence-corrected chi connectivity index (χ4v) is 2.40. The lowest BCUT2D eigenvalue weighted by molar-refractivity contribution is 0.246. The highest BCUT2D eigenvalue weighted by molar-refractivity contribution is 5.47. The van der Waals surface area contributed by atoms with Crippen molar-refractivity contribution in [1.82, 2.24) is 0 Å². The van der Waals surface area contributed by atoms with Crippen molar-refractivity contribution in [2.75, 3.05) is 11.9 Å². The van der Waals surface area contributed by atoms with Crippen molar-refractivity contribution < 1.29 is 13.5 Å². The molecule has 4 heteroatoms. The number of hydrogen-bond acceptors (Lipinski definition) is 2. The molecule has 1 atom stereocenters. The molecule has 1 heterocycles. The summed E-state index contributed by atoms with van der Waals surface area (Å²) in [6.07, 6.45) is 0.528. The number of hydrogen-bond donors (Lipinski definition) is 1. The molecule has 104 valence electrons. The summed E-state index contributed by atoms with van der Waals surface area (Å²) in [4.78, 5) is 0. The van der Waals surface area contributed by atoms with Crippen molar-refractivity contribution in [1.29, 1.82) is 0 Å². The van der Waals surface area contributed by atoms with Gasteiger partial charge in [0.25, 0.3) is 0 Å². The minimum absolute atomic E-state index is 0.105. The van der Waals surface area contributed by atoms with Crippen LogP contribution < -0.4 is 10.1 Å². The summed E-state index contributed by atoms with van der Waals surface area (Å²) < 4.78 is 32.4. The van der Waals surface area contributed by atoms with Crippen molar-refractivity contribution in [3.05, 3.63) is 59.2 Å². The van der Waals surface area contributed by atoms with Crippen LogP contribution in [0.25, 0.3) is 0 Å². The number of fused-ring (bicyclic) bond motifs is 1. The largest absolute Gasteiger partial charge is 0.488 e. The molecule has 2 aromatic rings. The van der Waals surface area contributed by atoms with Crippen molar-refractivity contribution in [3.63, 3.8) is 0 Å². The number of aryl methyl sites for hydroxylation is 1. The van der Waals surface area contributed by atoms with Gasteiger partial charge in [-0.15, -0.1) is 0 Å². The molecule has 0 amide bonds. The molecule has 0 fully saturated rings. The van der Waals surface area contributed by atoms with Crippen LogP contribution in [0.2, 0.25) is 0 Å². The number of ether oxygens (including phenoxy) is 1. The molecule has 1 unspecified atom stereocenters. The van der Waals surface area contributed by atoms with Gasteiger partial charge >= 0.3 is 0 Å². The first kappa shape index (κ1) is 12.9. The zero-order valence-corrected chi connectivity index (χ0v) is 11.1. The SMILES string of the molecule is Cc1ccc(F)c(NCC2Cc3cc(F)ccc3O2)c1. The molecule has 0 saturated heterocycles. The molecule has 2 aromatic carbocycles. The number of halogens is 2. The van der Waals surface area contributed by atoms with E-state index < -0.39 is 0 Å². The van der Waals surface area contributed by atoms with Crippen LogP contribution in [0, 0.1) is 18.6 Å². The van der Waals surface area contributed by atoms with E-state index in [1.165, 1.54) is 18.2 Å². The fourth-order valence-electron chi connectivity index (χ4n) is 2.40. The smallest absolute Gasteiger partial charge is 0.146 e. The van der Waals surface area contributed by atoms with Gasteiger partial charge < -0.3 is 10.1 Å². The van der Waals surface area contributed by atoms with Crippen LogP contribution in [0.4, 0.5) is 14.5 Å². The Bertz CT molecular complexity index is 642. The van der Waals surface area contributed by atoms with Crippen molar-refractivity contribution in [3.8, 4) is 5.75 Å². The molecule has 0 aromatic heterocycles. The molecule has 1 aliphatic rings. The highest BCUT2D eigenvalue weighted by atomic mass is 19.1. The van der Waals surface area contributed by atoms with E-state index in [1.807, 2.05) is 6.92 Å². The van der Waals surface area contributed by atoms with Gasteiger partial charge in [0.05, 0.1) is 12.2 Å². The van der Waals surface area contributed by atoms with Crippen LogP contribution >= 0.6 is 0 Å². The minimum atomic E-state index is -0.280. The predicted molar refractivity (Wildman–Crippen MR) is 74.1 cm³/mol. The lowest BCUT2D eigenvalue weighted by Crippen LogP contribution is -2.24. The van der Waals surface area contributed by atoms with Gasteiger partial charge in [0.2, 0.25) is 0 Å². The molecule has 20 heavy (non-hydrogen) atoms. The Labute approximate surface area is 116 Å². The molecule has 0 saturated carbocycles. The molecule has 2 nitrogen and oxygen atoms in total. The van der Waals surface area contributed by atoms with Gasteiger partial charge in [-0.1, -0.05) is 6.07 Å². The number of rotatable bonds is 3. The summed E-state index contributed by atoms with van der Waals surface area (Å²) in [6.45, 7) is 2.39. The summed E-state index contributed by atoms with van der Waals surface area (Å²) in [5.74, 6) is 0.172. The molecule has 0 spiro atoms. The van der Waals surface area contributed by atoms with Crippen molar-refractivity contribution >= 4 is 5.69 Å². The third kappa shape index (κ3) is 2.59. The average molecular weight is 275 g/mol.